The Labute approximate surface area is 187 Å². The number of carbonyl (C=O) groups is 1. The number of rotatable bonds is 6. The van der Waals surface area contributed by atoms with E-state index >= 15 is 0 Å². The van der Waals surface area contributed by atoms with Gasteiger partial charge in [0.15, 0.2) is 5.11 Å². The molecule has 1 saturated heterocycles. The van der Waals surface area contributed by atoms with Crippen molar-refractivity contribution in [2.45, 2.75) is 18.5 Å². The first-order chi connectivity index (χ1) is 14.5. The summed E-state index contributed by atoms with van der Waals surface area (Å²) in [7, 11) is 0. The second-order valence-corrected chi connectivity index (χ2v) is 8.90. The molecule has 1 aliphatic heterocycles. The Morgan fingerprint density at radius 1 is 1.23 bits per heavy atom. The molecule has 0 spiro atoms. The molecule has 2 aromatic heterocycles. The molecule has 2 atom stereocenters. The summed E-state index contributed by atoms with van der Waals surface area (Å²) in [4.78, 5) is 20.0. The summed E-state index contributed by atoms with van der Waals surface area (Å²) < 4.78 is 13.7. The van der Waals surface area contributed by atoms with Crippen molar-refractivity contribution in [1.29, 1.82) is 0 Å². The normalized spacial score (nSPS) is 18.3. The Morgan fingerprint density at radius 3 is 2.70 bits per heavy atom. The van der Waals surface area contributed by atoms with E-state index in [4.69, 9.17) is 23.8 Å². The molecular weight excluding hydrogens is 443 g/mol. The van der Waals surface area contributed by atoms with Crippen LogP contribution in [0.1, 0.15) is 29.1 Å². The zero-order chi connectivity index (χ0) is 21.1. The topological polar surface area (TPSA) is 57.3 Å². The van der Waals surface area contributed by atoms with E-state index in [1.807, 2.05) is 35.2 Å². The molecule has 9 heteroatoms. The number of benzene rings is 1. The van der Waals surface area contributed by atoms with Crippen LogP contribution in [-0.2, 0) is 4.79 Å². The van der Waals surface area contributed by atoms with E-state index in [2.05, 4.69) is 15.6 Å². The van der Waals surface area contributed by atoms with Gasteiger partial charge in [-0.25, -0.2) is 4.39 Å². The smallest absolute Gasteiger partial charge is 0.226 e. The number of thiocarbonyl (C=S) groups is 1. The Kier molecular flexibility index (Phi) is 6.26. The van der Waals surface area contributed by atoms with E-state index in [0.717, 1.165) is 10.6 Å². The number of thiophene rings is 1. The first kappa shape index (κ1) is 20.7. The molecule has 0 unspecified atom stereocenters. The second kappa shape index (κ2) is 9.07. The van der Waals surface area contributed by atoms with Crippen molar-refractivity contribution in [3.8, 4) is 0 Å². The summed E-state index contributed by atoms with van der Waals surface area (Å²) in [5, 5.41) is 6.69. The van der Waals surface area contributed by atoms with Crippen LogP contribution in [-0.4, -0.2) is 27.4 Å². The summed E-state index contributed by atoms with van der Waals surface area (Å²) >= 11 is 13.3. The molecule has 4 rings (SSSR count). The summed E-state index contributed by atoms with van der Waals surface area (Å²) in [6.07, 6.45) is 1.97. The van der Waals surface area contributed by atoms with Crippen LogP contribution in [0.3, 0.4) is 0 Å². The lowest BCUT2D eigenvalue weighted by molar-refractivity contribution is -0.116. The highest BCUT2D eigenvalue weighted by molar-refractivity contribution is 7.80. The van der Waals surface area contributed by atoms with E-state index in [9.17, 15) is 9.18 Å². The standard InChI is InChI=1S/C21H18ClFN4OS2/c22-17-9-8-16(30-17)20-19(15-3-1-2-11-24-15)26-21(29)27(20)12-10-18(28)25-14-6-4-13(23)5-7-14/h1-9,11,19-20H,10,12H2,(H,25,28)(H,26,29)/t19-,20+/m0/s1. The first-order valence-corrected chi connectivity index (χ1v) is 10.9. The molecule has 1 fully saturated rings. The van der Waals surface area contributed by atoms with E-state index in [1.165, 1.54) is 35.6 Å². The molecule has 3 heterocycles. The van der Waals surface area contributed by atoms with Crippen molar-refractivity contribution >= 4 is 51.9 Å². The molecule has 0 bridgehead atoms. The Balaban J connectivity index is 1.51. The number of hydrogen-bond acceptors (Lipinski definition) is 4. The van der Waals surface area contributed by atoms with Crippen LogP contribution >= 0.6 is 35.2 Å². The minimum absolute atomic E-state index is 0.122. The predicted octanol–water partition coefficient (Wildman–Crippen LogP) is 4.94. The van der Waals surface area contributed by atoms with Crippen LogP contribution in [0.5, 0.6) is 0 Å². The average Bonchev–Trinajstić information content (AvgIpc) is 3.31. The summed E-state index contributed by atoms with van der Waals surface area (Å²) in [5.74, 6) is -0.520. The quantitative estimate of drug-likeness (QED) is 0.510. The molecule has 3 aromatic rings. The number of nitrogens with zero attached hydrogens (tertiary/aromatic N) is 2. The van der Waals surface area contributed by atoms with Gasteiger partial charge in [-0.2, -0.15) is 0 Å². The van der Waals surface area contributed by atoms with Gasteiger partial charge in [0.1, 0.15) is 5.82 Å². The minimum Gasteiger partial charge on any atom is -0.352 e. The number of amides is 1. The highest BCUT2D eigenvalue weighted by atomic mass is 35.5. The summed E-state index contributed by atoms with van der Waals surface area (Å²) in [6.45, 7) is 0.419. The Bertz CT molecular complexity index is 1040. The maximum absolute atomic E-state index is 13.0. The number of pyridine rings is 1. The van der Waals surface area contributed by atoms with Crippen molar-refractivity contribution in [1.82, 2.24) is 15.2 Å². The van der Waals surface area contributed by atoms with E-state index in [1.54, 1.807) is 6.20 Å². The van der Waals surface area contributed by atoms with Crippen LogP contribution in [0.2, 0.25) is 4.34 Å². The van der Waals surface area contributed by atoms with Gasteiger partial charge in [0, 0.05) is 29.7 Å². The number of halogens is 2. The van der Waals surface area contributed by atoms with Crippen LogP contribution in [0.15, 0.2) is 60.8 Å². The molecule has 2 N–H and O–H groups in total. The molecule has 0 radical (unpaired) electrons. The number of anilines is 1. The number of aromatic nitrogens is 1. The van der Waals surface area contributed by atoms with Crippen molar-refractivity contribution in [3.05, 3.63) is 81.5 Å². The first-order valence-electron chi connectivity index (χ1n) is 9.30. The number of hydrogen-bond donors (Lipinski definition) is 2. The lowest BCUT2D eigenvalue weighted by Gasteiger charge is -2.26. The van der Waals surface area contributed by atoms with Gasteiger partial charge in [0.25, 0.3) is 0 Å². The second-order valence-electron chi connectivity index (χ2n) is 6.77. The Hall–Kier alpha value is -2.55. The lowest BCUT2D eigenvalue weighted by atomic mass is 10.0. The van der Waals surface area contributed by atoms with Gasteiger partial charge in [-0.3, -0.25) is 9.78 Å². The van der Waals surface area contributed by atoms with Gasteiger partial charge in [0.05, 0.1) is 22.1 Å². The van der Waals surface area contributed by atoms with Gasteiger partial charge in [-0.05, 0) is 60.7 Å². The molecule has 30 heavy (non-hydrogen) atoms. The van der Waals surface area contributed by atoms with Crippen LogP contribution in [0.4, 0.5) is 10.1 Å². The van der Waals surface area contributed by atoms with Crippen molar-refractivity contribution in [3.63, 3.8) is 0 Å². The molecule has 5 nitrogen and oxygen atoms in total. The SMILES string of the molecule is O=C(CCN1C(=S)N[C@@H](c2ccccn2)[C@H]1c1ccc(Cl)s1)Nc1ccc(F)cc1. The minimum atomic E-state index is -0.348. The van der Waals surface area contributed by atoms with Crippen molar-refractivity contribution in [2.75, 3.05) is 11.9 Å². The van der Waals surface area contributed by atoms with E-state index < -0.39 is 0 Å². The third-order valence-electron chi connectivity index (χ3n) is 4.79. The van der Waals surface area contributed by atoms with Gasteiger partial charge < -0.3 is 15.5 Å². The number of carbonyl (C=O) groups excluding carboxylic acids is 1. The summed E-state index contributed by atoms with van der Waals surface area (Å²) in [5.41, 5.74) is 1.42. The molecule has 154 valence electrons. The number of nitrogens with one attached hydrogen (secondary N) is 2. The van der Waals surface area contributed by atoms with Crippen LogP contribution in [0.25, 0.3) is 0 Å². The zero-order valence-electron chi connectivity index (χ0n) is 15.7. The molecule has 1 amide bonds. The highest BCUT2D eigenvalue weighted by Crippen LogP contribution is 2.42. The van der Waals surface area contributed by atoms with Crippen molar-refractivity contribution in [2.24, 2.45) is 0 Å². The maximum Gasteiger partial charge on any atom is 0.226 e. The van der Waals surface area contributed by atoms with Gasteiger partial charge in [-0.1, -0.05) is 17.7 Å². The van der Waals surface area contributed by atoms with Gasteiger partial charge >= 0.3 is 0 Å². The fourth-order valence-corrected chi connectivity index (χ4v) is 4.96. The summed E-state index contributed by atoms with van der Waals surface area (Å²) in [6, 6.07) is 15.0. The molecule has 0 aliphatic carbocycles. The van der Waals surface area contributed by atoms with Gasteiger partial charge in [0.2, 0.25) is 5.91 Å². The van der Waals surface area contributed by atoms with E-state index in [0.29, 0.717) is 21.7 Å². The van der Waals surface area contributed by atoms with Crippen LogP contribution < -0.4 is 10.6 Å². The largest absolute Gasteiger partial charge is 0.352 e. The monoisotopic (exact) mass is 460 g/mol. The molecular formula is C21H18ClFN4OS2. The fraction of sp³-hybridized carbons (Fsp3) is 0.190. The third-order valence-corrected chi connectivity index (χ3v) is 6.45. The highest BCUT2D eigenvalue weighted by Gasteiger charge is 2.40. The Morgan fingerprint density at radius 2 is 2.03 bits per heavy atom. The van der Waals surface area contributed by atoms with Crippen LogP contribution in [0, 0.1) is 5.82 Å². The van der Waals surface area contributed by atoms with Gasteiger partial charge in [-0.15, -0.1) is 11.3 Å². The zero-order valence-corrected chi connectivity index (χ0v) is 18.1. The molecule has 1 aromatic carbocycles. The van der Waals surface area contributed by atoms with E-state index in [-0.39, 0.29) is 30.2 Å². The van der Waals surface area contributed by atoms with Crippen molar-refractivity contribution < 1.29 is 9.18 Å². The maximum atomic E-state index is 13.0. The molecule has 0 saturated carbocycles. The predicted molar refractivity (Wildman–Crippen MR) is 121 cm³/mol. The lowest BCUT2D eigenvalue weighted by Crippen LogP contribution is -2.32. The fourth-order valence-electron chi connectivity index (χ4n) is 3.42. The third kappa shape index (κ3) is 4.61. The average molecular weight is 461 g/mol. The molecule has 1 aliphatic rings.